The molecule has 1 aromatic heterocycles. The smallest absolute Gasteiger partial charge is 0.306 e. The minimum Gasteiger partial charge on any atom is -0.481 e. The first-order chi connectivity index (χ1) is 7.16. The van der Waals surface area contributed by atoms with Gasteiger partial charge in [-0.25, -0.2) is 4.98 Å². The first-order valence-electron chi connectivity index (χ1n) is 5.08. The van der Waals surface area contributed by atoms with E-state index in [1.165, 1.54) is 0 Å². The molecule has 0 saturated heterocycles. The molecular formula is C10H13N3O2. The van der Waals surface area contributed by atoms with E-state index in [2.05, 4.69) is 15.2 Å². The molecule has 80 valence electrons. The molecule has 5 heteroatoms. The number of aromatic nitrogens is 3. The second kappa shape index (κ2) is 3.92. The van der Waals surface area contributed by atoms with Crippen molar-refractivity contribution in [2.75, 3.05) is 0 Å². The summed E-state index contributed by atoms with van der Waals surface area (Å²) in [6.07, 6.45) is 4.34. The highest BCUT2D eigenvalue weighted by Gasteiger charge is 2.26. The molecule has 1 N–H and O–H groups in total. The zero-order valence-electron chi connectivity index (χ0n) is 8.55. The fourth-order valence-electron chi connectivity index (χ4n) is 1.38. The summed E-state index contributed by atoms with van der Waals surface area (Å²) in [4.78, 5) is 15.0. The van der Waals surface area contributed by atoms with Crippen molar-refractivity contribution in [3.8, 4) is 0 Å². The van der Waals surface area contributed by atoms with Gasteiger partial charge >= 0.3 is 5.97 Å². The Morgan fingerprint density at radius 2 is 2.40 bits per heavy atom. The van der Waals surface area contributed by atoms with Crippen LogP contribution in [0.4, 0.5) is 0 Å². The third-order valence-electron chi connectivity index (χ3n) is 2.53. The molecule has 1 aliphatic rings. The Hall–Kier alpha value is -1.52. The normalized spacial score (nSPS) is 17.4. The topological polar surface area (TPSA) is 76.0 Å². The molecular weight excluding hydrogens is 194 g/mol. The minimum absolute atomic E-state index is 0.350. The largest absolute Gasteiger partial charge is 0.481 e. The Kier molecular flexibility index (Phi) is 2.62. The van der Waals surface area contributed by atoms with Crippen molar-refractivity contribution in [3.05, 3.63) is 17.7 Å². The van der Waals surface area contributed by atoms with Gasteiger partial charge in [0.15, 0.2) is 5.82 Å². The molecule has 1 aromatic rings. The van der Waals surface area contributed by atoms with Crippen LogP contribution in [-0.2, 0) is 11.2 Å². The van der Waals surface area contributed by atoms with Gasteiger partial charge in [0.2, 0.25) is 0 Å². The number of hydrogen-bond acceptors (Lipinski definition) is 4. The maximum absolute atomic E-state index is 10.7. The summed E-state index contributed by atoms with van der Waals surface area (Å²) in [5.74, 6) is -0.217. The molecule has 1 unspecified atom stereocenters. The fraction of sp³-hybridized carbons (Fsp3) is 0.600. The number of rotatable bonds is 4. The molecule has 1 atom stereocenters. The Bertz CT molecular complexity index is 377. The van der Waals surface area contributed by atoms with E-state index in [1.807, 2.05) is 0 Å². The van der Waals surface area contributed by atoms with Gasteiger partial charge in [-0.05, 0) is 12.8 Å². The van der Waals surface area contributed by atoms with Crippen LogP contribution >= 0.6 is 0 Å². The predicted octanol–water partition coefficient (Wildman–Crippen LogP) is 1.01. The van der Waals surface area contributed by atoms with Crippen LogP contribution in [0, 0.1) is 5.92 Å². The number of aliphatic carboxylic acids is 1. The minimum atomic E-state index is -0.824. The average molecular weight is 207 g/mol. The molecule has 0 bridgehead atoms. The number of carboxylic acid groups (broad SMARTS) is 1. The van der Waals surface area contributed by atoms with Crippen LogP contribution in [-0.4, -0.2) is 26.3 Å². The summed E-state index contributed by atoms with van der Waals surface area (Å²) < 4.78 is 0. The van der Waals surface area contributed by atoms with E-state index in [0.717, 1.165) is 18.5 Å². The Morgan fingerprint density at radius 3 is 3.00 bits per heavy atom. The molecule has 1 saturated carbocycles. The van der Waals surface area contributed by atoms with Crippen LogP contribution in [0.2, 0.25) is 0 Å². The molecule has 0 radical (unpaired) electrons. The molecule has 1 aliphatic carbocycles. The van der Waals surface area contributed by atoms with Gasteiger partial charge in [0, 0.05) is 12.3 Å². The Labute approximate surface area is 87.6 Å². The molecule has 0 aromatic carbocycles. The predicted molar refractivity (Wildman–Crippen MR) is 52.3 cm³/mol. The lowest BCUT2D eigenvalue weighted by molar-refractivity contribution is -0.141. The highest BCUT2D eigenvalue weighted by molar-refractivity contribution is 5.69. The molecule has 1 fully saturated rings. The first kappa shape index (κ1) is 10.0. The molecule has 0 amide bonds. The highest BCUT2D eigenvalue weighted by atomic mass is 16.4. The summed E-state index contributed by atoms with van der Waals surface area (Å²) in [5.41, 5.74) is 0.956. The van der Waals surface area contributed by atoms with Crippen molar-refractivity contribution >= 4 is 5.97 Å². The first-order valence-corrected chi connectivity index (χ1v) is 5.08. The van der Waals surface area contributed by atoms with E-state index in [1.54, 1.807) is 13.1 Å². The van der Waals surface area contributed by atoms with Crippen molar-refractivity contribution in [1.29, 1.82) is 0 Å². The third-order valence-corrected chi connectivity index (χ3v) is 2.53. The second-order valence-electron chi connectivity index (χ2n) is 4.02. The third kappa shape index (κ3) is 2.49. The van der Waals surface area contributed by atoms with E-state index in [9.17, 15) is 4.79 Å². The van der Waals surface area contributed by atoms with E-state index in [0.29, 0.717) is 18.2 Å². The number of nitrogens with zero attached hydrogens (tertiary/aromatic N) is 3. The van der Waals surface area contributed by atoms with Gasteiger partial charge in [-0.1, -0.05) is 6.92 Å². The Balaban J connectivity index is 2.07. The Morgan fingerprint density at radius 1 is 1.67 bits per heavy atom. The van der Waals surface area contributed by atoms with Gasteiger partial charge in [0.1, 0.15) is 0 Å². The van der Waals surface area contributed by atoms with E-state index >= 15 is 0 Å². The van der Waals surface area contributed by atoms with Crippen molar-refractivity contribution in [2.24, 2.45) is 5.92 Å². The second-order valence-corrected chi connectivity index (χ2v) is 4.02. The van der Waals surface area contributed by atoms with Gasteiger partial charge < -0.3 is 5.11 Å². The summed E-state index contributed by atoms with van der Waals surface area (Å²) >= 11 is 0. The van der Waals surface area contributed by atoms with Crippen LogP contribution in [0.3, 0.4) is 0 Å². The van der Waals surface area contributed by atoms with Crippen LogP contribution in [0.5, 0.6) is 0 Å². The SMILES string of the molecule is CC(Cc1nncc(C2CC2)n1)C(=O)O. The zero-order valence-corrected chi connectivity index (χ0v) is 8.55. The van der Waals surface area contributed by atoms with Crippen LogP contribution in [0.25, 0.3) is 0 Å². The molecule has 15 heavy (non-hydrogen) atoms. The lowest BCUT2D eigenvalue weighted by Crippen LogP contribution is -2.15. The molecule has 0 aliphatic heterocycles. The lowest BCUT2D eigenvalue weighted by Gasteiger charge is -2.04. The lowest BCUT2D eigenvalue weighted by atomic mass is 10.1. The summed E-state index contributed by atoms with van der Waals surface area (Å²) in [5, 5.41) is 16.5. The average Bonchev–Trinajstić information content (AvgIpc) is 3.01. The monoisotopic (exact) mass is 207 g/mol. The number of carboxylic acids is 1. The van der Waals surface area contributed by atoms with E-state index < -0.39 is 11.9 Å². The maximum atomic E-state index is 10.7. The van der Waals surface area contributed by atoms with Gasteiger partial charge in [-0.3, -0.25) is 4.79 Å². The molecule has 2 rings (SSSR count). The van der Waals surface area contributed by atoms with Gasteiger partial charge in [-0.15, -0.1) is 5.10 Å². The van der Waals surface area contributed by atoms with Crippen molar-refractivity contribution in [3.63, 3.8) is 0 Å². The van der Waals surface area contributed by atoms with E-state index in [-0.39, 0.29) is 0 Å². The fourth-order valence-corrected chi connectivity index (χ4v) is 1.38. The van der Waals surface area contributed by atoms with Crippen LogP contribution in [0.15, 0.2) is 6.20 Å². The number of hydrogen-bond donors (Lipinski definition) is 1. The molecule has 1 heterocycles. The summed E-state index contributed by atoms with van der Waals surface area (Å²) in [6, 6.07) is 0. The van der Waals surface area contributed by atoms with Crippen LogP contribution in [0.1, 0.15) is 37.2 Å². The standard InChI is InChI=1S/C10H13N3O2/c1-6(10(14)15)4-9-12-8(5-11-13-9)7-2-3-7/h5-7H,2-4H2,1H3,(H,14,15). The van der Waals surface area contributed by atoms with Gasteiger partial charge in [0.05, 0.1) is 17.8 Å². The molecule has 0 spiro atoms. The molecule has 5 nitrogen and oxygen atoms in total. The van der Waals surface area contributed by atoms with Crippen LogP contribution < -0.4 is 0 Å². The summed E-state index contributed by atoms with van der Waals surface area (Å²) in [6.45, 7) is 1.65. The van der Waals surface area contributed by atoms with Crippen molar-refractivity contribution in [2.45, 2.75) is 32.1 Å². The maximum Gasteiger partial charge on any atom is 0.306 e. The van der Waals surface area contributed by atoms with Gasteiger partial charge in [-0.2, -0.15) is 5.10 Å². The zero-order chi connectivity index (χ0) is 10.8. The van der Waals surface area contributed by atoms with Gasteiger partial charge in [0.25, 0.3) is 0 Å². The number of carbonyl (C=O) groups is 1. The summed E-state index contributed by atoms with van der Waals surface area (Å²) in [7, 11) is 0. The van der Waals surface area contributed by atoms with Crippen molar-refractivity contribution < 1.29 is 9.90 Å². The highest BCUT2D eigenvalue weighted by Crippen LogP contribution is 2.38. The quantitative estimate of drug-likeness (QED) is 0.797. The van der Waals surface area contributed by atoms with Crippen molar-refractivity contribution in [1.82, 2.24) is 15.2 Å². The van der Waals surface area contributed by atoms with E-state index in [4.69, 9.17) is 5.11 Å².